The molecule has 1 aromatic rings. The van der Waals surface area contributed by atoms with Crippen molar-refractivity contribution < 1.29 is 9.59 Å². The molecule has 2 aliphatic carbocycles. The molecule has 0 saturated heterocycles. The number of anilines is 1. The summed E-state index contributed by atoms with van der Waals surface area (Å²) in [6.07, 6.45) is 8.27. The van der Waals surface area contributed by atoms with Crippen molar-refractivity contribution in [3.63, 3.8) is 0 Å². The fourth-order valence-electron chi connectivity index (χ4n) is 3.56. The molecule has 5 heteroatoms. The summed E-state index contributed by atoms with van der Waals surface area (Å²) in [4.78, 5) is 27.4. The number of hydrogen-bond donors (Lipinski definition) is 2. The van der Waals surface area contributed by atoms with Crippen LogP contribution in [-0.2, 0) is 9.59 Å². The van der Waals surface area contributed by atoms with Crippen LogP contribution in [0.25, 0.3) is 0 Å². The Kier molecular flexibility index (Phi) is 3.67. The molecule has 1 heterocycles. The third-order valence-corrected chi connectivity index (χ3v) is 4.53. The lowest BCUT2D eigenvalue weighted by atomic mass is 9.89. The SMILES string of the molecule is O=C(NC[C@@H]1C[C@H]2CC[C@H]1C2)C(=O)Nc1cccnc1. The Morgan fingerprint density at radius 2 is 2.15 bits per heavy atom. The van der Waals surface area contributed by atoms with Gasteiger partial charge >= 0.3 is 11.8 Å². The van der Waals surface area contributed by atoms with E-state index in [1.54, 1.807) is 18.3 Å². The monoisotopic (exact) mass is 273 g/mol. The first-order chi connectivity index (χ1) is 9.72. The Bertz CT molecular complexity index is 503. The Hall–Kier alpha value is -1.91. The van der Waals surface area contributed by atoms with Crippen LogP contribution in [0.15, 0.2) is 24.5 Å². The first-order valence-corrected chi connectivity index (χ1v) is 7.21. The fraction of sp³-hybridized carbons (Fsp3) is 0.533. The number of aromatic nitrogens is 1. The predicted octanol–water partition coefficient (Wildman–Crippen LogP) is 1.57. The van der Waals surface area contributed by atoms with Crippen molar-refractivity contribution in [3.05, 3.63) is 24.5 Å². The van der Waals surface area contributed by atoms with Crippen molar-refractivity contribution in [2.45, 2.75) is 25.7 Å². The van der Waals surface area contributed by atoms with Gasteiger partial charge in [-0.05, 0) is 49.1 Å². The normalized spacial score (nSPS) is 27.3. The zero-order valence-corrected chi connectivity index (χ0v) is 11.3. The maximum atomic E-state index is 11.8. The van der Waals surface area contributed by atoms with Crippen LogP contribution in [0.2, 0.25) is 0 Å². The Balaban J connectivity index is 1.46. The van der Waals surface area contributed by atoms with Gasteiger partial charge in [0.1, 0.15) is 0 Å². The van der Waals surface area contributed by atoms with Crippen molar-refractivity contribution in [2.75, 3.05) is 11.9 Å². The number of carbonyl (C=O) groups is 2. The third-order valence-electron chi connectivity index (χ3n) is 4.53. The van der Waals surface area contributed by atoms with Gasteiger partial charge in [0, 0.05) is 12.7 Å². The van der Waals surface area contributed by atoms with Crippen LogP contribution in [-0.4, -0.2) is 23.3 Å². The standard InChI is InChI=1S/C15H19N3O2/c19-14(15(20)18-13-2-1-5-16-9-13)17-8-12-7-10-3-4-11(12)6-10/h1-2,5,9-12H,3-4,6-8H2,(H,17,19)(H,18,20)/t10-,11-,12-/m0/s1. The summed E-state index contributed by atoms with van der Waals surface area (Å²) >= 11 is 0. The fourth-order valence-corrected chi connectivity index (χ4v) is 3.56. The molecule has 2 bridgehead atoms. The zero-order chi connectivity index (χ0) is 13.9. The van der Waals surface area contributed by atoms with Gasteiger partial charge in [0.05, 0.1) is 11.9 Å². The molecule has 1 aromatic heterocycles. The van der Waals surface area contributed by atoms with Gasteiger partial charge < -0.3 is 10.6 Å². The molecule has 2 N–H and O–H groups in total. The molecular formula is C15H19N3O2. The van der Waals surface area contributed by atoms with Gasteiger partial charge in [-0.1, -0.05) is 6.42 Å². The van der Waals surface area contributed by atoms with Gasteiger partial charge in [0.15, 0.2) is 0 Å². The number of carbonyl (C=O) groups excluding carboxylic acids is 2. The third kappa shape index (κ3) is 2.81. The van der Waals surface area contributed by atoms with E-state index in [-0.39, 0.29) is 0 Å². The number of hydrogen-bond acceptors (Lipinski definition) is 3. The largest absolute Gasteiger partial charge is 0.348 e. The molecular weight excluding hydrogens is 254 g/mol. The number of pyridine rings is 1. The summed E-state index contributed by atoms with van der Waals surface area (Å²) in [6.45, 7) is 0.625. The van der Waals surface area contributed by atoms with Crippen LogP contribution in [0.3, 0.4) is 0 Å². The number of fused-ring (bicyclic) bond motifs is 2. The molecule has 3 rings (SSSR count). The molecule has 2 amide bonds. The summed E-state index contributed by atoms with van der Waals surface area (Å²) in [5, 5.41) is 5.30. The number of rotatable bonds is 3. The number of nitrogens with one attached hydrogen (secondary N) is 2. The Labute approximate surface area is 118 Å². The number of nitrogens with zero attached hydrogens (tertiary/aromatic N) is 1. The van der Waals surface area contributed by atoms with E-state index in [1.165, 1.54) is 31.9 Å². The second kappa shape index (κ2) is 5.61. The highest BCUT2D eigenvalue weighted by atomic mass is 16.2. The quantitative estimate of drug-likeness (QED) is 0.821. The average molecular weight is 273 g/mol. The molecule has 0 spiro atoms. The highest BCUT2D eigenvalue weighted by Gasteiger charge is 2.39. The van der Waals surface area contributed by atoms with Crippen molar-refractivity contribution in [3.8, 4) is 0 Å². The smallest absolute Gasteiger partial charge is 0.313 e. The summed E-state index contributed by atoms with van der Waals surface area (Å²) < 4.78 is 0. The lowest BCUT2D eigenvalue weighted by molar-refractivity contribution is -0.136. The molecule has 0 aliphatic heterocycles. The summed E-state index contributed by atoms with van der Waals surface area (Å²) in [7, 11) is 0. The van der Waals surface area contributed by atoms with Crippen LogP contribution < -0.4 is 10.6 Å². The van der Waals surface area contributed by atoms with E-state index < -0.39 is 11.8 Å². The zero-order valence-electron chi connectivity index (χ0n) is 11.3. The maximum Gasteiger partial charge on any atom is 0.313 e. The minimum absolute atomic E-state index is 0.535. The second-order valence-corrected chi connectivity index (χ2v) is 5.84. The van der Waals surface area contributed by atoms with Crippen LogP contribution in [0.4, 0.5) is 5.69 Å². The van der Waals surface area contributed by atoms with Crippen LogP contribution in [0.1, 0.15) is 25.7 Å². The average Bonchev–Trinajstić information content (AvgIpc) is 3.08. The van der Waals surface area contributed by atoms with Gasteiger partial charge in [-0.2, -0.15) is 0 Å². The molecule has 2 saturated carbocycles. The van der Waals surface area contributed by atoms with E-state index in [1.807, 2.05) is 0 Å². The highest BCUT2D eigenvalue weighted by Crippen LogP contribution is 2.47. The lowest BCUT2D eigenvalue weighted by Gasteiger charge is -2.21. The summed E-state index contributed by atoms with van der Waals surface area (Å²) in [5.74, 6) is 0.981. The molecule has 0 radical (unpaired) electrons. The molecule has 106 valence electrons. The van der Waals surface area contributed by atoms with E-state index >= 15 is 0 Å². The van der Waals surface area contributed by atoms with Crippen molar-refractivity contribution in [2.24, 2.45) is 17.8 Å². The predicted molar refractivity (Wildman–Crippen MR) is 74.8 cm³/mol. The first-order valence-electron chi connectivity index (χ1n) is 7.21. The van der Waals surface area contributed by atoms with Gasteiger partial charge in [-0.3, -0.25) is 14.6 Å². The minimum Gasteiger partial charge on any atom is -0.348 e. The Morgan fingerprint density at radius 1 is 1.25 bits per heavy atom. The summed E-state index contributed by atoms with van der Waals surface area (Å²) in [5.41, 5.74) is 0.535. The van der Waals surface area contributed by atoms with Crippen LogP contribution in [0.5, 0.6) is 0 Å². The van der Waals surface area contributed by atoms with E-state index in [4.69, 9.17) is 0 Å². The van der Waals surface area contributed by atoms with E-state index in [2.05, 4.69) is 15.6 Å². The van der Waals surface area contributed by atoms with Gasteiger partial charge in [0.25, 0.3) is 0 Å². The molecule has 20 heavy (non-hydrogen) atoms. The molecule has 0 aromatic carbocycles. The van der Waals surface area contributed by atoms with E-state index in [0.29, 0.717) is 18.2 Å². The summed E-state index contributed by atoms with van der Waals surface area (Å²) in [6, 6.07) is 3.41. The van der Waals surface area contributed by atoms with Gasteiger partial charge in [0.2, 0.25) is 0 Å². The maximum absolute atomic E-state index is 11.8. The highest BCUT2D eigenvalue weighted by molar-refractivity contribution is 6.39. The lowest BCUT2D eigenvalue weighted by Crippen LogP contribution is -2.39. The van der Waals surface area contributed by atoms with Crippen LogP contribution >= 0.6 is 0 Å². The second-order valence-electron chi connectivity index (χ2n) is 5.84. The molecule has 0 unspecified atom stereocenters. The molecule has 3 atom stereocenters. The molecule has 2 fully saturated rings. The van der Waals surface area contributed by atoms with Gasteiger partial charge in [-0.15, -0.1) is 0 Å². The van der Waals surface area contributed by atoms with E-state index in [0.717, 1.165) is 11.8 Å². The van der Waals surface area contributed by atoms with Gasteiger partial charge in [-0.25, -0.2) is 0 Å². The Morgan fingerprint density at radius 3 is 2.80 bits per heavy atom. The van der Waals surface area contributed by atoms with Crippen molar-refractivity contribution >= 4 is 17.5 Å². The van der Waals surface area contributed by atoms with E-state index in [9.17, 15) is 9.59 Å². The first kappa shape index (κ1) is 13.1. The van der Waals surface area contributed by atoms with Crippen LogP contribution in [0, 0.1) is 17.8 Å². The topological polar surface area (TPSA) is 71.1 Å². The van der Waals surface area contributed by atoms with Crippen molar-refractivity contribution in [1.82, 2.24) is 10.3 Å². The van der Waals surface area contributed by atoms with Crippen molar-refractivity contribution in [1.29, 1.82) is 0 Å². The molecule has 2 aliphatic rings. The molecule has 5 nitrogen and oxygen atoms in total. The minimum atomic E-state index is -0.624. The number of amides is 2.